The lowest BCUT2D eigenvalue weighted by Gasteiger charge is -2.45. The maximum absolute atomic E-state index is 13.4. The predicted molar refractivity (Wildman–Crippen MR) is 122 cm³/mol. The quantitative estimate of drug-likeness (QED) is 0.770. The number of hydrogen-bond acceptors (Lipinski definition) is 5. The minimum Gasteiger partial charge on any atom is -0.370 e. The molecule has 7 heteroatoms. The molecule has 1 saturated heterocycles. The van der Waals surface area contributed by atoms with Crippen molar-refractivity contribution in [2.75, 3.05) is 26.2 Å². The van der Waals surface area contributed by atoms with Crippen molar-refractivity contribution in [3.63, 3.8) is 0 Å². The van der Waals surface area contributed by atoms with Crippen LogP contribution in [-0.4, -0.2) is 56.3 Å². The highest BCUT2D eigenvalue weighted by molar-refractivity contribution is 7.89. The first kappa shape index (κ1) is 21.8. The maximum atomic E-state index is 13.4. The van der Waals surface area contributed by atoms with E-state index >= 15 is 0 Å². The third kappa shape index (κ3) is 4.16. The molecule has 166 valence electrons. The van der Waals surface area contributed by atoms with E-state index in [0.29, 0.717) is 24.0 Å². The number of hydrogen-bond donors (Lipinski definition) is 2. The van der Waals surface area contributed by atoms with Gasteiger partial charge in [-0.1, -0.05) is 25.3 Å². The Balaban J connectivity index is 1.50. The first-order valence-corrected chi connectivity index (χ1v) is 12.9. The second-order valence-corrected chi connectivity index (χ2v) is 11.2. The van der Waals surface area contributed by atoms with Crippen molar-refractivity contribution in [3.8, 4) is 0 Å². The summed E-state index contributed by atoms with van der Waals surface area (Å²) in [5.41, 5.74) is 2.77. The van der Waals surface area contributed by atoms with Crippen molar-refractivity contribution < 1.29 is 8.42 Å². The molecule has 1 spiro atoms. The number of nitrogens with one attached hydrogen (secondary N) is 2. The van der Waals surface area contributed by atoms with Crippen LogP contribution in [0.25, 0.3) is 0 Å². The molecule has 2 N–H and O–H groups in total. The van der Waals surface area contributed by atoms with E-state index in [-0.39, 0.29) is 5.54 Å². The molecule has 1 saturated carbocycles. The highest BCUT2D eigenvalue weighted by Crippen LogP contribution is 2.31. The van der Waals surface area contributed by atoms with E-state index in [1.54, 1.807) is 4.31 Å². The zero-order valence-electron chi connectivity index (χ0n) is 18.6. The normalized spacial score (nSPS) is 23.4. The van der Waals surface area contributed by atoms with Crippen LogP contribution >= 0.6 is 0 Å². The third-order valence-corrected chi connectivity index (χ3v) is 9.27. The Hall–Kier alpha value is -1.44. The van der Waals surface area contributed by atoms with Crippen molar-refractivity contribution in [1.29, 1.82) is 0 Å². The van der Waals surface area contributed by atoms with Gasteiger partial charge in [0, 0.05) is 25.7 Å². The number of benzene rings is 1. The molecule has 2 aliphatic heterocycles. The van der Waals surface area contributed by atoms with E-state index in [2.05, 4.69) is 10.6 Å². The second kappa shape index (κ2) is 8.60. The Labute approximate surface area is 181 Å². The van der Waals surface area contributed by atoms with Crippen molar-refractivity contribution in [3.05, 3.63) is 28.8 Å². The highest BCUT2D eigenvalue weighted by Gasteiger charge is 2.43. The smallest absolute Gasteiger partial charge is 0.243 e. The summed E-state index contributed by atoms with van der Waals surface area (Å²) in [6, 6.07) is 4.32. The van der Waals surface area contributed by atoms with Gasteiger partial charge in [-0.15, -0.1) is 0 Å². The number of aryl methyl sites for hydroxylation is 3. The van der Waals surface area contributed by atoms with E-state index in [1.807, 2.05) is 32.9 Å². The number of nitrogens with zero attached hydrogens (tertiary/aromatic N) is 2. The molecular weight excluding hydrogens is 396 g/mol. The van der Waals surface area contributed by atoms with Gasteiger partial charge in [0.1, 0.15) is 5.84 Å². The van der Waals surface area contributed by atoms with E-state index in [4.69, 9.17) is 4.99 Å². The summed E-state index contributed by atoms with van der Waals surface area (Å²) < 4.78 is 28.5. The van der Waals surface area contributed by atoms with Gasteiger partial charge in [0.05, 0.1) is 17.0 Å². The molecule has 0 aromatic heterocycles. The van der Waals surface area contributed by atoms with Gasteiger partial charge >= 0.3 is 0 Å². The molecule has 4 rings (SSSR count). The van der Waals surface area contributed by atoms with Gasteiger partial charge in [-0.05, 0) is 69.2 Å². The Morgan fingerprint density at radius 2 is 1.70 bits per heavy atom. The molecule has 30 heavy (non-hydrogen) atoms. The minimum absolute atomic E-state index is 0.208. The Morgan fingerprint density at radius 3 is 2.40 bits per heavy atom. The van der Waals surface area contributed by atoms with Gasteiger partial charge in [0.2, 0.25) is 10.0 Å². The van der Waals surface area contributed by atoms with Crippen molar-refractivity contribution in [1.82, 2.24) is 14.9 Å². The molecule has 6 nitrogen and oxygen atoms in total. The van der Waals surface area contributed by atoms with Crippen LogP contribution in [0.2, 0.25) is 0 Å². The Morgan fingerprint density at radius 1 is 1.03 bits per heavy atom. The zero-order valence-corrected chi connectivity index (χ0v) is 19.4. The lowest BCUT2D eigenvalue weighted by atomic mass is 9.84. The van der Waals surface area contributed by atoms with Crippen LogP contribution in [0.15, 0.2) is 22.0 Å². The minimum atomic E-state index is -3.49. The van der Waals surface area contributed by atoms with Gasteiger partial charge in [-0.3, -0.25) is 4.99 Å². The van der Waals surface area contributed by atoms with Crippen molar-refractivity contribution in [2.24, 2.45) is 4.99 Å². The van der Waals surface area contributed by atoms with Crippen LogP contribution in [0.4, 0.5) is 0 Å². The van der Waals surface area contributed by atoms with E-state index in [9.17, 15) is 8.42 Å². The Bertz CT molecular complexity index is 911. The molecule has 3 aliphatic rings. The average molecular weight is 433 g/mol. The number of piperidine rings is 1. The molecule has 0 unspecified atom stereocenters. The number of sulfonamides is 1. The van der Waals surface area contributed by atoms with Crippen LogP contribution in [0.1, 0.15) is 61.6 Å². The van der Waals surface area contributed by atoms with E-state index in [1.165, 1.54) is 32.1 Å². The summed E-state index contributed by atoms with van der Waals surface area (Å²) in [6.07, 6.45) is 7.84. The maximum Gasteiger partial charge on any atom is 0.243 e. The largest absolute Gasteiger partial charge is 0.370 e. The molecule has 2 fully saturated rings. The van der Waals surface area contributed by atoms with Crippen LogP contribution in [0.3, 0.4) is 0 Å². The second-order valence-electron chi connectivity index (χ2n) is 9.32. The van der Waals surface area contributed by atoms with Gasteiger partial charge in [0.25, 0.3) is 0 Å². The predicted octanol–water partition coefficient (Wildman–Crippen LogP) is 3.06. The first-order chi connectivity index (χ1) is 14.3. The molecule has 0 atom stereocenters. The summed E-state index contributed by atoms with van der Waals surface area (Å²) >= 11 is 0. The molecule has 2 heterocycles. The first-order valence-electron chi connectivity index (χ1n) is 11.5. The standard InChI is InChI=1S/C23H36N4O2S/c1-17-15-19(3)21(16-18(17)2)30(28,29)27-13-9-23(10-14-27)22(24-11-12-25-23)26-20-7-5-4-6-8-20/h15-16,20,25H,4-14H2,1-3H3,(H,24,26). The summed E-state index contributed by atoms with van der Waals surface area (Å²) in [4.78, 5) is 5.31. The highest BCUT2D eigenvalue weighted by atomic mass is 32.2. The van der Waals surface area contributed by atoms with Crippen LogP contribution in [0.5, 0.6) is 0 Å². The number of amidine groups is 1. The summed E-state index contributed by atoms with van der Waals surface area (Å²) in [5.74, 6) is 1.07. The fourth-order valence-corrected chi connectivity index (χ4v) is 6.93. The average Bonchev–Trinajstić information content (AvgIpc) is 2.73. The van der Waals surface area contributed by atoms with E-state index in [0.717, 1.165) is 48.5 Å². The fourth-order valence-electron chi connectivity index (χ4n) is 5.19. The number of rotatable bonds is 3. The molecule has 0 bridgehead atoms. The van der Waals surface area contributed by atoms with Crippen molar-refractivity contribution >= 4 is 15.9 Å². The van der Waals surface area contributed by atoms with Gasteiger partial charge in [0.15, 0.2) is 0 Å². The van der Waals surface area contributed by atoms with Gasteiger partial charge < -0.3 is 10.6 Å². The SMILES string of the molecule is Cc1cc(C)c(S(=O)(=O)N2CCC3(CC2)NCCN=C3NC2CCCCC2)cc1C. The lowest BCUT2D eigenvalue weighted by Crippen LogP contribution is -2.65. The summed E-state index contributed by atoms with van der Waals surface area (Å²) in [7, 11) is -3.49. The summed E-state index contributed by atoms with van der Waals surface area (Å²) in [6.45, 7) is 8.59. The molecule has 1 aliphatic carbocycles. The van der Waals surface area contributed by atoms with Crippen LogP contribution in [-0.2, 0) is 10.0 Å². The molecular formula is C23H36N4O2S. The Kier molecular flexibility index (Phi) is 6.24. The van der Waals surface area contributed by atoms with Crippen LogP contribution in [0, 0.1) is 20.8 Å². The molecule has 0 radical (unpaired) electrons. The molecule has 0 amide bonds. The van der Waals surface area contributed by atoms with Crippen LogP contribution < -0.4 is 10.6 Å². The monoisotopic (exact) mass is 432 g/mol. The van der Waals surface area contributed by atoms with E-state index < -0.39 is 10.0 Å². The lowest BCUT2D eigenvalue weighted by molar-refractivity contribution is 0.238. The topological polar surface area (TPSA) is 73.8 Å². The third-order valence-electron chi connectivity index (χ3n) is 7.23. The fraction of sp³-hybridized carbons (Fsp3) is 0.696. The summed E-state index contributed by atoms with van der Waals surface area (Å²) in [5, 5.41) is 7.45. The molecule has 1 aromatic rings. The molecule has 1 aromatic carbocycles. The van der Waals surface area contributed by atoms with Crippen molar-refractivity contribution in [2.45, 2.75) is 82.2 Å². The van der Waals surface area contributed by atoms with Gasteiger partial charge in [-0.2, -0.15) is 4.31 Å². The zero-order chi connectivity index (χ0) is 21.4. The number of aliphatic imine (C=N–C) groups is 1. The van der Waals surface area contributed by atoms with Gasteiger partial charge in [-0.25, -0.2) is 8.42 Å².